The summed E-state index contributed by atoms with van der Waals surface area (Å²) < 4.78 is 19.5. The first kappa shape index (κ1) is 15.5. The fourth-order valence-electron chi connectivity index (χ4n) is 2.17. The van der Waals surface area contributed by atoms with E-state index in [9.17, 15) is 4.39 Å². The minimum atomic E-state index is -0.172. The molecular weight excluding hydrogens is 265 g/mol. The lowest BCUT2D eigenvalue weighted by Crippen LogP contribution is -2.13. The van der Waals surface area contributed by atoms with Crippen molar-refractivity contribution in [2.45, 2.75) is 33.4 Å². The van der Waals surface area contributed by atoms with Crippen molar-refractivity contribution in [2.75, 3.05) is 6.54 Å². The van der Waals surface area contributed by atoms with Gasteiger partial charge in [-0.3, -0.25) is 0 Å². The van der Waals surface area contributed by atoms with Crippen molar-refractivity contribution in [2.24, 2.45) is 0 Å². The molecule has 0 aliphatic carbocycles. The van der Waals surface area contributed by atoms with Crippen molar-refractivity contribution >= 4 is 0 Å². The number of halogens is 1. The molecule has 0 saturated heterocycles. The van der Waals surface area contributed by atoms with Gasteiger partial charge >= 0.3 is 0 Å². The van der Waals surface area contributed by atoms with Gasteiger partial charge in [-0.25, -0.2) is 4.39 Å². The molecule has 112 valence electrons. The van der Waals surface area contributed by atoms with Crippen LogP contribution in [0.5, 0.6) is 5.75 Å². The van der Waals surface area contributed by atoms with Gasteiger partial charge < -0.3 is 10.1 Å². The van der Waals surface area contributed by atoms with E-state index in [-0.39, 0.29) is 11.9 Å². The molecule has 0 aliphatic heterocycles. The highest BCUT2D eigenvalue weighted by Crippen LogP contribution is 2.26. The maximum Gasteiger partial charge on any atom is 0.127 e. The number of hydrogen-bond acceptors (Lipinski definition) is 2. The van der Waals surface area contributed by atoms with Crippen LogP contribution in [0.2, 0.25) is 0 Å². The van der Waals surface area contributed by atoms with Gasteiger partial charge in [-0.1, -0.05) is 25.1 Å². The molecule has 3 heteroatoms. The summed E-state index contributed by atoms with van der Waals surface area (Å²) in [4.78, 5) is 0. The maximum absolute atomic E-state index is 13.8. The summed E-state index contributed by atoms with van der Waals surface area (Å²) >= 11 is 0. The van der Waals surface area contributed by atoms with Gasteiger partial charge in [0.1, 0.15) is 11.6 Å². The first-order chi connectivity index (χ1) is 10.1. The molecule has 0 atom stereocenters. The van der Waals surface area contributed by atoms with E-state index in [4.69, 9.17) is 4.74 Å². The van der Waals surface area contributed by atoms with Gasteiger partial charge in [0.2, 0.25) is 0 Å². The van der Waals surface area contributed by atoms with Gasteiger partial charge in [-0.15, -0.1) is 0 Å². The highest BCUT2D eigenvalue weighted by atomic mass is 19.1. The third kappa shape index (κ3) is 4.30. The number of ether oxygens (including phenoxy) is 1. The molecule has 0 saturated carbocycles. The fourth-order valence-corrected chi connectivity index (χ4v) is 2.17. The molecule has 1 N–H and O–H groups in total. The van der Waals surface area contributed by atoms with Crippen LogP contribution >= 0.6 is 0 Å². The van der Waals surface area contributed by atoms with E-state index in [0.29, 0.717) is 12.1 Å². The van der Waals surface area contributed by atoms with E-state index in [2.05, 4.69) is 5.32 Å². The summed E-state index contributed by atoms with van der Waals surface area (Å²) in [5, 5.41) is 3.16. The van der Waals surface area contributed by atoms with E-state index in [1.807, 2.05) is 51.1 Å². The summed E-state index contributed by atoms with van der Waals surface area (Å²) in [6.07, 6.45) is 0.137. The van der Waals surface area contributed by atoms with Crippen molar-refractivity contribution in [1.29, 1.82) is 0 Å². The van der Waals surface area contributed by atoms with E-state index >= 15 is 0 Å². The molecule has 2 aromatic rings. The lowest BCUT2D eigenvalue weighted by molar-refractivity contribution is 0.242. The van der Waals surface area contributed by atoms with Gasteiger partial charge in [0.25, 0.3) is 0 Å². The Hall–Kier alpha value is -1.87. The lowest BCUT2D eigenvalue weighted by atomic mass is 10.0. The predicted octanol–water partition coefficient (Wildman–Crippen LogP) is 4.39. The Labute approximate surface area is 126 Å². The smallest absolute Gasteiger partial charge is 0.127 e. The summed E-state index contributed by atoms with van der Waals surface area (Å²) in [7, 11) is 0. The maximum atomic E-state index is 13.8. The molecule has 0 heterocycles. The van der Waals surface area contributed by atoms with Crippen LogP contribution in [0.15, 0.2) is 42.5 Å². The lowest BCUT2D eigenvalue weighted by Gasteiger charge is -2.12. The Morgan fingerprint density at radius 3 is 2.57 bits per heavy atom. The van der Waals surface area contributed by atoms with E-state index in [1.165, 1.54) is 6.07 Å². The largest absolute Gasteiger partial charge is 0.491 e. The average molecular weight is 287 g/mol. The Kier molecular flexibility index (Phi) is 5.34. The Morgan fingerprint density at radius 2 is 1.86 bits per heavy atom. The van der Waals surface area contributed by atoms with Crippen LogP contribution < -0.4 is 10.1 Å². The molecule has 0 aliphatic rings. The summed E-state index contributed by atoms with van der Waals surface area (Å²) in [5.41, 5.74) is 2.72. The van der Waals surface area contributed by atoms with Gasteiger partial charge in [0.05, 0.1) is 6.10 Å². The van der Waals surface area contributed by atoms with Crippen LogP contribution in [-0.4, -0.2) is 12.6 Å². The molecule has 0 unspecified atom stereocenters. The fraction of sp³-hybridized carbons (Fsp3) is 0.333. The highest BCUT2D eigenvalue weighted by Gasteiger charge is 2.06. The third-order valence-electron chi connectivity index (χ3n) is 3.15. The van der Waals surface area contributed by atoms with Gasteiger partial charge in [-0.05, 0) is 55.8 Å². The molecular formula is C18H22FNO. The zero-order valence-electron chi connectivity index (χ0n) is 12.8. The van der Waals surface area contributed by atoms with Gasteiger partial charge in [0.15, 0.2) is 0 Å². The second-order valence-electron chi connectivity index (χ2n) is 5.28. The van der Waals surface area contributed by atoms with Gasteiger partial charge in [0, 0.05) is 12.1 Å². The molecule has 0 spiro atoms. The van der Waals surface area contributed by atoms with Crippen molar-refractivity contribution in [3.63, 3.8) is 0 Å². The number of rotatable bonds is 6. The first-order valence-corrected chi connectivity index (χ1v) is 7.36. The Morgan fingerprint density at radius 1 is 1.10 bits per heavy atom. The molecule has 2 aromatic carbocycles. The molecule has 2 rings (SSSR count). The van der Waals surface area contributed by atoms with Crippen LogP contribution in [0.25, 0.3) is 11.1 Å². The molecule has 0 fully saturated rings. The molecule has 0 bridgehead atoms. The molecule has 21 heavy (non-hydrogen) atoms. The van der Waals surface area contributed by atoms with Crippen molar-refractivity contribution in [3.05, 3.63) is 53.8 Å². The van der Waals surface area contributed by atoms with Crippen LogP contribution in [0.4, 0.5) is 4.39 Å². The van der Waals surface area contributed by atoms with Crippen LogP contribution in [0.1, 0.15) is 26.3 Å². The third-order valence-corrected chi connectivity index (χ3v) is 3.15. The Balaban J connectivity index is 2.28. The molecule has 0 aromatic heterocycles. The Bertz CT molecular complexity index is 596. The number of benzene rings is 2. The van der Waals surface area contributed by atoms with Crippen molar-refractivity contribution in [3.8, 4) is 16.9 Å². The monoisotopic (exact) mass is 287 g/mol. The van der Waals surface area contributed by atoms with E-state index in [0.717, 1.165) is 23.4 Å². The second kappa shape index (κ2) is 7.23. The van der Waals surface area contributed by atoms with Crippen LogP contribution in [-0.2, 0) is 6.54 Å². The molecule has 0 radical (unpaired) electrons. The minimum Gasteiger partial charge on any atom is -0.491 e. The zero-order valence-corrected chi connectivity index (χ0v) is 12.8. The molecule has 2 nitrogen and oxygen atoms in total. The van der Waals surface area contributed by atoms with E-state index in [1.54, 1.807) is 6.07 Å². The predicted molar refractivity (Wildman–Crippen MR) is 85.0 cm³/mol. The number of hydrogen-bond donors (Lipinski definition) is 1. The zero-order chi connectivity index (χ0) is 15.2. The van der Waals surface area contributed by atoms with Crippen LogP contribution in [0.3, 0.4) is 0 Å². The first-order valence-electron chi connectivity index (χ1n) is 7.36. The standard InChI is InChI=1S/C18H22FNO/c1-4-20-12-16-10-15(8-9-18(16)19)14-6-5-7-17(11-14)21-13(2)3/h5-11,13,20H,4,12H2,1-3H3. The normalized spacial score (nSPS) is 10.9. The summed E-state index contributed by atoms with van der Waals surface area (Å²) in [6.45, 7) is 7.37. The SMILES string of the molecule is CCNCc1cc(-c2cccc(OC(C)C)c2)ccc1F. The van der Waals surface area contributed by atoms with Crippen LogP contribution in [0, 0.1) is 5.82 Å². The number of nitrogens with one attached hydrogen (secondary N) is 1. The quantitative estimate of drug-likeness (QED) is 0.850. The molecule has 0 amide bonds. The average Bonchev–Trinajstić information content (AvgIpc) is 2.46. The second-order valence-corrected chi connectivity index (χ2v) is 5.28. The minimum absolute atomic E-state index is 0.137. The van der Waals surface area contributed by atoms with Crippen molar-refractivity contribution < 1.29 is 9.13 Å². The van der Waals surface area contributed by atoms with Crippen molar-refractivity contribution in [1.82, 2.24) is 5.32 Å². The highest BCUT2D eigenvalue weighted by molar-refractivity contribution is 5.65. The summed E-state index contributed by atoms with van der Waals surface area (Å²) in [5.74, 6) is 0.661. The van der Waals surface area contributed by atoms with Gasteiger partial charge in [-0.2, -0.15) is 0 Å². The van der Waals surface area contributed by atoms with E-state index < -0.39 is 0 Å². The summed E-state index contributed by atoms with van der Waals surface area (Å²) in [6, 6.07) is 13.1. The topological polar surface area (TPSA) is 21.3 Å².